The molecule has 0 radical (unpaired) electrons. The molecule has 0 atom stereocenters. The van der Waals surface area contributed by atoms with Crippen molar-refractivity contribution in [3.05, 3.63) is 38.4 Å². The Morgan fingerprint density at radius 2 is 1.65 bits per heavy atom. The van der Waals surface area contributed by atoms with Crippen LogP contribution in [0.5, 0.6) is 0 Å². The molecule has 0 bridgehead atoms. The fraction of sp³-hybridized carbons (Fsp3) is 0.400. The highest BCUT2D eigenvalue weighted by Crippen LogP contribution is 2.54. The van der Waals surface area contributed by atoms with Gasteiger partial charge in [-0.25, -0.2) is 9.78 Å². The number of esters is 1. The number of carboxylic acid groups (broad SMARTS) is 1. The average Bonchev–Trinajstić information content (AvgIpc) is 3.20. The first-order valence-electron chi connectivity index (χ1n) is 9.91. The van der Waals surface area contributed by atoms with Crippen LogP contribution in [-0.2, 0) is 15.1 Å². The van der Waals surface area contributed by atoms with Crippen LogP contribution in [0.25, 0.3) is 10.4 Å². The van der Waals surface area contributed by atoms with Gasteiger partial charge < -0.3 is 20.3 Å². The Morgan fingerprint density at radius 1 is 1.08 bits per heavy atom. The van der Waals surface area contributed by atoms with E-state index in [0.29, 0.717) is 17.4 Å². The minimum absolute atomic E-state index is 0.205. The fourth-order valence-corrected chi connectivity index (χ4v) is 5.17. The van der Waals surface area contributed by atoms with Crippen LogP contribution >= 0.6 is 34.5 Å². The molecule has 1 fully saturated rings. The number of thiazole rings is 1. The van der Waals surface area contributed by atoms with E-state index in [-0.39, 0.29) is 23.8 Å². The number of aromatic carboxylic acids is 1. The number of methoxy groups -OCH3 is 1. The van der Waals surface area contributed by atoms with E-state index in [0.717, 1.165) is 0 Å². The first-order chi connectivity index (χ1) is 16.9. The minimum Gasteiger partial charge on any atom is -0.476 e. The SMILES string of the molecule is COC(=O)C1CC(NC(=O)c2nc(C(=O)O)c(-c3ccc(C(O)(C(F)(F)F)C(F)(F)F)c(Cl)c3Cl)s2)C1. The Hall–Kier alpha value is -2.62. The second kappa shape index (κ2) is 9.93. The van der Waals surface area contributed by atoms with Crippen molar-refractivity contribution in [2.45, 2.75) is 36.8 Å². The van der Waals surface area contributed by atoms with Gasteiger partial charge in [0.15, 0.2) is 10.7 Å². The summed E-state index contributed by atoms with van der Waals surface area (Å²) in [4.78, 5) is 39.0. The third kappa shape index (κ3) is 5.09. The summed E-state index contributed by atoms with van der Waals surface area (Å²) >= 11 is 12.1. The van der Waals surface area contributed by atoms with Crippen LogP contribution in [0, 0.1) is 5.92 Å². The van der Waals surface area contributed by atoms with E-state index in [1.54, 1.807) is 0 Å². The predicted molar refractivity (Wildman–Crippen MR) is 117 cm³/mol. The van der Waals surface area contributed by atoms with Crippen molar-refractivity contribution < 1.29 is 55.7 Å². The molecule has 202 valence electrons. The third-order valence-electron chi connectivity index (χ3n) is 5.57. The van der Waals surface area contributed by atoms with Crippen molar-refractivity contribution in [1.82, 2.24) is 10.3 Å². The van der Waals surface area contributed by atoms with Crippen LogP contribution in [0.2, 0.25) is 10.0 Å². The lowest BCUT2D eigenvalue weighted by Gasteiger charge is -2.33. The van der Waals surface area contributed by atoms with Crippen LogP contribution in [0.15, 0.2) is 12.1 Å². The molecule has 3 N–H and O–H groups in total. The van der Waals surface area contributed by atoms with Crippen molar-refractivity contribution in [2.75, 3.05) is 7.11 Å². The number of hydrogen-bond donors (Lipinski definition) is 3. The van der Waals surface area contributed by atoms with E-state index >= 15 is 0 Å². The summed E-state index contributed by atoms with van der Waals surface area (Å²) in [6.45, 7) is 0. The highest BCUT2D eigenvalue weighted by atomic mass is 35.5. The Bertz CT molecular complexity index is 1250. The number of carbonyl (C=O) groups is 3. The number of ether oxygens (including phenoxy) is 1. The molecular weight excluding hydrogens is 581 g/mol. The molecule has 37 heavy (non-hydrogen) atoms. The Kier molecular flexibility index (Phi) is 7.76. The zero-order valence-corrected chi connectivity index (χ0v) is 20.5. The molecule has 1 heterocycles. The molecule has 17 heteroatoms. The van der Waals surface area contributed by atoms with E-state index in [1.165, 1.54) is 7.11 Å². The molecule has 1 aliphatic carbocycles. The second-order valence-electron chi connectivity index (χ2n) is 7.86. The van der Waals surface area contributed by atoms with Crippen LogP contribution in [0.4, 0.5) is 26.3 Å². The largest absolute Gasteiger partial charge is 0.476 e. The highest BCUT2D eigenvalue weighted by Gasteiger charge is 2.72. The molecule has 0 spiro atoms. The number of nitrogens with one attached hydrogen (secondary N) is 1. The van der Waals surface area contributed by atoms with Gasteiger partial charge >= 0.3 is 24.3 Å². The molecule has 2 aromatic rings. The van der Waals surface area contributed by atoms with Gasteiger partial charge in [0.05, 0.1) is 28.0 Å². The number of benzene rings is 1. The summed E-state index contributed by atoms with van der Waals surface area (Å²) < 4.78 is 84.3. The number of nitrogens with zero attached hydrogens (tertiary/aromatic N) is 1. The zero-order chi connectivity index (χ0) is 28.1. The van der Waals surface area contributed by atoms with Gasteiger partial charge in [-0.2, -0.15) is 26.3 Å². The fourth-order valence-electron chi connectivity index (χ4n) is 3.56. The lowest BCUT2D eigenvalue weighted by Crippen LogP contribution is -2.54. The Balaban J connectivity index is 1.99. The zero-order valence-electron chi connectivity index (χ0n) is 18.1. The van der Waals surface area contributed by atoms with Gasteiger partial charge in [-0.3, -0.25) is 9.59 Å². The minimum atomic E-state index is -6.24. The molecule has 3 rings (SSSR count). The number of alkyl halides is 6. The number of halogens is 8. The number of aromatic nitrogens is 1. The Labute approximate surface area is 217 Å². The van der Waals surface area contributed by atoms with Crippen LogP contribution in [0.3, 0.4) is 0 Å². The Morgan fingerprint density at radius 3 is 2.14 bits per heavy atom. The molecule has 1 saturated carbocycles. The first-order valence-corrected chi connectivity index (χ1v) is 11.5. The van der Waals surface area contributed by atoms with E-state index in [9.17, 15) is 50.9 Å². The normalized spacial score (nSPS) is 18.2. The maximum absolute atomic E-state index is 13.3. The quantitative estimate of drug-likeness (QED) is 0.324. The van der Waals surface area contributed by atoms with Gasteiger partial charge in [0.2, 0.25) is 0 Å². The van der Waals surface area contributed by atoms with E-state index in [2.05, 4.69) is 15.0 Å². The maximum atomic E-state index is 13.3. The van der Waals surface area contributed by atoms with Gasteiger partial charge in [-0.05, 0) is 12.8 Å². The van der Waals surface area contributed by atoms with Crippen LogP contribution < -0.4 is 5.32 Å². The van der Waals surface area contributed by atoms with Gasteiger partial charge in [0.25, 0.3) is 11.5 Å². The maximum Gasteiger partial charge on any atom is 0.430 e. The molecule has 1 amide bonds. The van der Waals surface area contributed by atoms with Crippen LogP contribution in [-0.4, -0.2) is 58.5 Å². The number of hydrogen-bond acceptors (Lipinski definition) is 7. The summed E-state index contributed by atoms with van der Waals surface area (Å²) in [5.74, 6) is -3.41. The topological polar surface area (TPSA) is 126 Å². The molecule has 1 aromatic heterocycles. The molecular formula is C20H14Cl2F6N2O6S. The molecule has 0 saturated heterocycles. The lowest BCUT2D eigenvalue weighted by molar-refractivity contribution is -0.376. The monoisotopic (exact) mass is 594 g/mol. The number of aliphatic hydroxyl groups is 1. The molecule has 0 unspecified atom stereocenters. The van der Waals surface area contributed by atoms with Crippen molar-refractivity contribution >= 4 is 52.4 Å². The van der Waals surface area contributed by atoms with Gasteiger partial charge in [0, 0.05) is 17.2 Å². The summed E-state index contributed by atoms with van der Waals surface area (Å²) in [5.41, 5.74) is -8.42. The number of carboxylic acids is 1. The van der Waals surface area contributed by atoms with Gasteiger partial charge in [0.1, 0.15) is 0 Å². The summed E-state index contributed by atoms with van der Waals surface area (Å²) in [5, 5.41) is 19.0. The van der Waals surface area contributed by atoms with Crippen molar-refractivity contribution in [1.29, 1.82) is 0 Å². The summed E-state index contributed by atoms with van der Waals surface area (Å²) in [6.07, 6.45) is -12.0. The van der Waals surface area contributed by atoms with Gasteiger partial charge in [-0.1, -0.05) is 35.3 Å². The number of amides is 1. The summed E-state index contributed by atoms with van der Waals surface area (Å²) in [7, 11) is 1.20. The first kappa shape index (κ1) is 28.9. The molecule has 0 aliphatic heterocycles. The predicted octanol–water partition coefficient (Wildman–Crippen LogP) is 4.81. The molecule has 1 aliphatic rings. The smallest absolute Gasteiger partial charge is 0.430 e. The number of carbonyl (C=O) groups excluding carboxylic acids is 2. The third-order valence-corrected chi connectivity index (χ3v) is 7.54. The van der Waals surface area contributed by atoms with E-state index < -0.39 is 79.6 Å². The van der Waals surface area contributed by atoms with E-state index in [1.807, 2.05) is 0 Å². The van der Waals surface area contributed by atoms with Crippen LogP contribution in [0.1, 0.15) is 38.7 Å². The second-order valence-corrected chi connectivity index (χ2v) is 9.61. The molecule has 8 nitrogen and oxygen atoms in total. The average molecular weight is 595 g/mol. The van der Waals surface area contributed by atoms with Crippen molar-refractivity contribution in [2.24, 2.45) is 5.92 Å². The van der Waals surface area contributed by atoms with Crippen molar-refractivity contribution in [3.63, 3.8) is 0 Å². The summed E-state index contributed by atoms with van der Waals surface area (Å²) in [6, 6.07) is 0.356. The highest BCUT2D eigenvalue weighted by molar-refractivity contribution is 7.17. The van der Waals surface area contributed by atoms with Crippen molar-refractivity contribution in [3.8, 4) is 10.4 Å². The van der Waals surface area contributed by atoms with E-state index in [4.69, 9.17) is 23.2 Å². The standard InChI is InChI=1S/C20H14Cl2F6N2O6S/c1-36-17(34)6-4-7(5-6)29-14(31)15-30-12(16(32)33)13(37-15)8-2-3-9(11(22)10(8)21)18(35,19(23,24)25)20(26,27)28/h2-3,6-7,35H,4-5H2,1H3,(H,29,31)(H,32,33). The molecule has 1 aromatic carbocycles. The lowest BCUT2D eigenvalue weighted by atomic mass is 9.80. The number of rotatable bonds is 6. The van der Waals surface area contributed by atoms with Gasteiger partial charge in [-0.15, -0.1) is 11.3 Å².